The Kier molecular flexibility index (Phi) is 9.18. The Labute approximate surface area is 234 Å². The normalized spacial score (nSPS) is 12.5. The van der Waals surface area contributed by atoms with Gasteiger partial charge in [-0.3, -0.25) is 4.98 Å². The highest BCUT2D eigenvalue weighted by atomic mass is 32.2. The summed E-state index contributed by atoms with van der Waals surface area (Å²) in [7, 11) is 0. The van der Waals surface area contributed by atoms with Crippen LogP contribution in [0.1, 0.15) is 55.5 Å². The summed E-state index contributed by atoms with van der Waals surface area (Å²) in [5.41, 5.74) is 3.71. The van der Waals surface area contributed by atoms with Crippen molar-refractivity contribution in [3.05, 3.63) is 132 Å². The van der Waals surface area contributed by atoms with Crippen molar-refractivity contribution in [2.75, 3.05) is 5.75 Å². The highest BCUT2D eigenvalue weighted by Gasteiger charge is 2.39. The van der Waals surface area contributed by atoms with Gasteiger partial charge in [-0.15, -0.1) is 23.5 Å². The summed E-state index contributed by atoms with van der Waals surface area (Å²) in [6, 6.07) is 35.8. The van der Waals surface area contributed by atoms with Crippen LogP contribution in [0.4, 0.5) is 4.79 Å². The van der Waals surface area contributed by atoms with Crippen molar-refractivity contribution in [2.45, 2.75) is 48.3 Å². The van der Waals surface area contributed by atoms with Gasteiger partial charge in [-0.2, -0.15) is 0 Å². The van der Waals surface area contributed by atoms with E-state index in [9.17, 15) is 4.79 Å². The number of carbonyl (C=O) groups is 1. The molecule has 1 aromatic heterocycles. The lowest BCUT2D eigenvalue weighted by Crippen LogP contribution is -2.34. The van der Waals surface area contributed by atoms with Gasteiger partial charge in [-0.1, -0.05) is 97.9 Å². The van der Waals surface area contributed by atoms with Gasteiger partial charge < -0.3 is 10.1 Å². The molecule has 0 saturated carbocycles. The number of amides is 1. The SMILES string of the molecule is CCSC(NC(=O)OC(C)(C)C)c1ncccc1SC(c1ccccc1)(c1ccccc1)c1ccccc1. The van der Waals surface area contributed by atoms with Gasteiger partial charge in [0.15, 0.2) is 0 Å². The van der Waals surface area contributed by atoms with E-state index in [1.807, 2.05) is 45.0 Å². The third kappa shape index (κ3) is 6.61. The molecule has 0 saturated heterocycles. The van der Waals surface area contributed by atoms with Crippen molar-refractivity contribution >= 4 is 29.6 Å². The van der Waals surface area contributed by atoms with E-state index in [2.05, 4.69) is 91.1 Å². The predicted molar refractivity (Wildman–Crippen MR) is 160 cm³/mol. The fraction of sp³-hybridized carbons (Fsp3) is 0.250. The van der Waals surface area contributed by atoms with E-state index in [0.29, 0.717) is 0 Å². The van der Waals surface area contributed by atoms with Gasteiger partial charge in [-0.25, -0.2) is 4.79 Å². The molecule has 3 aromatic carbocycles. The van der Waals surface area contributed by atoms with Crippen molar-refractivity contribution < 1.29 is 9.53 Å². The third-order valence-electron chi connectivity index (χ3n) is 5.83. The fourth-order valence-electron chi connectivity index (χ4n) is 4.32. The van der Waals surface area contributed by atoms with Gasteiger partial charge >= 0.3 is 6.09 Å². The van der Waals surface area contributed by atoms with E-state index in [-0.39, 0.29) is 5.37 Å². The van der Waals surface area contributed by atoms with Crippen LogP contribution in [0.5, 0.6) is 0 Å². The molecule has 0 fully saturated rings. The molecular weight excluding hydrogens is 508 g/mol. The van der Waals surface area contributed by atoms with Crippen LogP contribution in [-0.4, -0.2) is 22.4 Å². The second kappa shape index (κ2) is 12.5. The lowest BCUT2D eigenvalue weighted by molar-refractivity contribution is 0.0520. The summed E-state index contributed by atoms with van der Waals surface area (Å²) in [6.45, 7) is 7.67. The van der Waals surface area contributed by atoms with E-state index in [4.69, 9.17) is 9.72 Å². The molecule has 1 unspecified atom stereocenters. The Morgan fingerprint density at radius 3 is 1.76 bits per heavy atom. The number of ether oxygens (including phenoxy) is 1. The molecule has 4 aromatic rings. The van der Waals surface area contributed by atoms with Crippen LogP contribution >= 0.6 is 23.5 Å². The molecule has 0 aliphatic heterocycles. The molecular formula is C32H34N2O2S2. The number of nitrogens with zero attached hydrogens (tertiary/aromatic N) is 1. The van der Waals surface area contributed by atoms with E-state index in [0.717, 1.165) is 33.0 Å². The molecule has 1 N–H and O–H groups in total. The van der Waals surface area contributed by atoms with E-state index in [1.54, 1.807) is 29.7 Å². The number of carbonyl (C=O) groups excluding carboxylic acids is 1. The molecule has 0 aliphatic rings. The Balaban J connectivity index is 1.86. The maximum atomic E-state index is 12.8. The van der Waals surface area contributed by atoms with Gasteiger partial charge in [0.05, 0.1) is 10.4 Å². The average molecular weight is 543 g/mol. The van der Waals surface area contributed by atoms with Gasteiger partial charge in [0.25, 0.3) is 0 Å². The smallest absolute Gasteiger partial charge is 0.408 e. The van der Waals surface area contributed by atoms with Crippen molar-refractivity contribution in [1.29, 1.82) is 0 Å². The number of alkyl carbamates (subject to hydrolysis) is 1. The molecule has 0 radical (unpaired) electrons. The molecule has 0 bridgehead atoms. The maximum Gasteiger partial charge on any atom is 0.408 e. The van der Waals surface area contributed by atoms with Crippen molar-refractivity contribution in [3.63, 3.8) is 0 Å². The number of benzene rings is 3. The molecule has 6 heteroatoms. The van der Waals surface area contributed by atoms with Crippen molar-refractivity contribution in [2.24, 2.45) is 0 Å². The standard InChI is InChI=1S/C32H34N2O2S2/c1-5-37-29(34-30(35)36-31(2,3)4)28-27(22-15-23-33-28)38-32(24-16-9-6-10-17-24,25-18-11-7-12-19-25)26-20-13-8-14-21-26/h6-23,29H,5H2,1-4H3,(H,34,35). The van der Waals surface area contributed by atoms with Crippen molar-refractivity contribution in [1.82, 2.24) is 10.3 Å². The molecule has 38 heavy (non-hydrogen) atoms. The summed E-state index contributed by atoms with van der Waals surface area (Å²) in [4.78, 5) is 18.6. The van der Waals surface area contributed by atoms with Gasteiger partial charge in [-0.05, 0) is 55.3 Å². The largest absolute Gasteiger partial charge is 0.444 e. The number of rotatable bonds is 9. The first kappa shape index (κ1) is 27.8. The second-order valence-corrected chi connectivity index (χ2v) is 12.4. The van der Waals surface area contributed by atoms with Crippen LogP contribution < -0.4 is 5.32 Å². The van der Waals surface area contributed by atoms with Crippen LogP contribution in [0.25, 0.3) is 0 Å². The summed E-state index contributed by atoms with van der Waals surface area (Å²) in [6.07, 6.45) is 1.33. The monoisotopic (exact) mass is 542 g/mol. The summed E-state index contributed by atoms with van der Waals surface area (Å²) in [5.74, 6) is 0.808. The van der Waals surface area contributed by atoms with Crippen LogP contribution in [0.2, 0.25) is 0 Å². The molecule has 196 valence electrons. The zero-order chi connectivity index (χ0) is 27.0. The number of hydrogen-bond donors (Lipinski definition) is 1. The topological polar surface area (TPSA) is 51.2 Å². The molecule has 0 aliphatic carbocycles. The van der Waals surface area contributed by atoms with Crippen LogP contribution in [0, 0.1) is 0 Å². The Morgan fingerprint density at radius 2 is 1.32 bits per heavy atom. The van der Waals surface area contributed by atoms with Gasteiger partial charge in [0, 0.05) is 11.1 Å². The first-order chi connectivity index (χ1) is 18.3. The average Bonchev–Trinajstić information content (AvgIpc) is 2.92. The number of aromatic nitrogens is 1. The first-order valence-corrected chi connectivity index (χ1v) is 14.6. The molecule has 0 spiro atoms. The quantitative estimate of drug-likeness (QED) is 0.131. The molecule has 1 atom stereocenters. The Hall–Kier alpha value is -3.22. The lowest BCUT2D eigenvalue weighted by Gasteiger charge is -2.36. The number of nitrogens with one attached hydrogen (secondary N) is 1. The zero-order valence-corrected chi connectivity index (χ0v) is 23.9. The second-order valence-electron chi connectivity index (χ2n) is 9.75. The minimum absolute atomic E-state index is 0.362. The molecule has 1 heterocycles. The highest BCUT2D eigenvalue weighted by Crippen LogP contribution is 2.52. The minimum atomic E-state index is -0.587. The van der Waals surface area contributed by atoms with Crippen LogP contribution in [0.15, 0.2) is 114 Å². The predicted octanol–water partition coefficient (Wildman–Crippen LogP) is 8.44. The number of pyridine rings is 1. The Morgan fingerprint density at radius 1 is 0.816 bits per heavy atom. The lowest BCUT2D eigenvalue weighted by atomic mass is 9.84. The van der Waals surface area contributed by atoms with Crippen LogP contribution in [0.3, 0.4) is 0 Å². The highest BCUT2D eigenvalue weighted by molar-refractivity contribution is 8.01. The van der Waals surface area contributed by atoms with Gasteiger partial charge in [0.1, 0.15) is 11.0 Å². The van der Waals surface area contributed by atoms with Gasteiger partial charge in [0.2, 0.25) is 0 Å². The summed E-state index contributed by atoms with van der Waals surface area (Å²) < 4.78 is 5.04. The summed E-state index contributed by atoms with van der Waals surface area (Å²) >= 11 is 3.37. The van der Waals surface area contributed by atoms with Crippen molar-refractivity contribution in [3.8, 4) is 0 Å². The number of thioether (sulfide) groups is 2. The molecule has 4 nitrogen and oxygen atoms in total. The third-order valence-corrected chi connectivity index (χ3v) is 8.42. The Bertz CT molecular complexity index is 1210. The zero-order valence-electron chi connectivity index (χ0n) is 22.3. The van der Waals surface area contributed by atoms with E-state index < -0.39 is 16.4 Å². The van der Waals surface area contributed by atoms with E-state index in [1.165, 1.54) is 0 Å². The first-order valence-electron chi connectivity index (χ1n) is 12.7. The molecule has 1 amide bonds. The minimum Gasteiger partial charge on any atom is -0.444 e. The number of hydrogen-bond acceptors (Lipinski definition) is 5. The maximum absolute atomic E-state index is 12.8. The van der Waals surface area contributed by atoms with Crippen LogP contribution in [-0.2, 0) is 9.48 Å². The molecule has 4 rings (SSSR count). The summed E-state index contributed by atoms with van der Waals surface area (Å²) in [5, 5.41) is 2.70. The fourth-order valence-corrected chi connectivity index (χ4v) is 6.76. The van der Waals surface area contributed by atoms with E-state index >= 15 is 0 Å².